The van der Waals surface area contributed by atoms with Crippen molar-refractivity contribution < 1.29 is 42.3 Å². The Morgan fingerprint density at radius 2 is 1.83 bits per heavy atom. The van der Waals surface area contributed by atoms with E-state index in [1.54, 1.807) is 6.29 Å². The first kappa shape index (κ1) is 23.3. The van der Waals surface area contributed by atoms with Crippen LogP contribution < -0.4 is 28.3 Å². The Hall–Kier alpha value is 0.244. The number of Topliss-reactive ketones (excluding diaryl/α,β-unsaturated/α-hetero) is 1. The minimum atomic E-state index is -0.573. The van der Waals surface area contributed by atoms with E-state index in [-0.39, 0.29) is 57.7 Å². The first-order chi connectivity index (χ1) is 8.15. The third-order valence-corrected chi connectivity index (χ3v) is 2.11. The van der Waals surface area contributed by atoms with E-state index in [9.17, 15) is 9.59 Å². The molecule has 1 radical (unpaired) electrons. The molecule has 0 bridgehead atoms. The number of carbonyl (C=O) groups excluding carboxylic acids is 2. The van der Waals surface area contributed by atoms with Gasteiger partial charge in [0, 0.05) is 39.4 Å². The van der Waals surface area contributed by atoms with Crippen molar-refractivity contribution in [3.8, 4) is 0 Å². The number of nitrogens with two attached hydrogens (primary N) is 4. The van der Waals surface area contributed by atoms with Crippen LogP contribution in [0.5, 0.6) is 0 Å². The zero-order chi connectivity index (χ0) is 13.7. The number of hydrogen-bond acceptors (Lipinski definition) is 7. The summed E-state index contributed by atoms with van der Waals surface area (Å²) in [4.78, 5) is 21.4. The van der Waals surface area contributed by atoms with E-state index in [2.05, 4.69) is 18.1 Å². The van der Waals surface area contributed by atoms with Gasteiger partial charge in [0.1, 0.15) is 0 Å². The molecule has 18 heavy (non-hydrogen) atoms. The van der Waals surface area contributed by atoms with Gasteiger partial charge in [-0.25, -0.2) is 6.29 Å². The van der Waals surface area contributed by atoms with Gasteiger partial charge in [0.25, 0.3) is 0 Å². The molecule has 0 spiro atoms. The van der Waals surface area contributed by atoms with Crippen molar-refractivity contribution in [1.82, 2.24) is 5.32 Å². The van der Waals surface area contributed by atoms with Gasteiger partial charge in [-0.05, 0) is 6.42 Å². The summed E-state index contributed by atoms with van der Waals surface area (Å²) >= 11 is 0. The molecule has 0 rings (SSSR count). The van der Waals surface area contributed by atoms with Crippen LogP contribution in [0.1, 0.15) is 19.3 Å². The summed E-state index contributed by atoms with van der Waals surface area (Å²) in [6, 6.07) is -0.907. The number of carbonyl (C=O) groups is 1. The standard InChI is InChI=1S/C9H19N4O2.CH4N.Y/c10-4-9(15)8(13-6-11)3-1-2-7(12)5-14;1-2;/h7-8,13H,1-4,6,10-12H2;1-2H2;/q2*-1;. The van der Waals surface area contributed by atoms with Gasteiger partial charge in [0.2, 0.25) is 0 Å². The van der Waals surface area contributed by atoms with Gasteiger partial charge in [-0.3, -0.25) is 17.2 Å². The Kier molecular flexibility index (Phi) is 22.4. The third-order valence-electron chi connectivity index (χ3n) is 2.11. The maximum Gasteiger partial charge on any atom is 0.163 e. The summed E-state index contributed by atoms with van der Waals surface area (Å²) < 4.78 is 0. The topological polar surface area (TPSA) is 150 Å². The van der Waals surface area contributed by atoms with Crippen LogP contribution in [0.4, 0.5) is 0 Å². The fourth-order valence-corrected chi connectivity index (χ4v) is 1.26. The van der Waals surface area contributed by atoms with E-state index in [1.165, 1.54) is 0 Å². The van der Waals surface area contributed by atoms with E-state index in [0.29, 0.717) is 19.3 Å². The quantitative estimate of drug-likeness (QED) is 0.236. The second-order valence-corrected chi connectivity index (χ2v) is 3.29. The van der Waals surface area contributed by atoms with Crippen LogP contribution in [0.2, 0.25) is 0 Å². The Balaban J connectivity index is -0.000000709. The van der Waals surface area contributed by atoms with Gasteiger partial charge >= 0.3 is 0 Å². The first-order valence-electron chi connectivity index (χ1n) is 5.36. The summed E-state index contributed by atoms with van der Waals surface area (Å²) in [5.41, 5.74) is 20.1. The average molecular weight is 334 g/mol. The summed E-state index contributed by atoms with van der Waals surface area (Å²) in [6.45, 7) is 0.214. The molecule has 0 fully saturated rings. The Morgan fingerprint density at radius 1 is 1.28 bits per heavy atom. The molecule has 2 unspecified atom stereocenters. The largest absolute Gasteiger partial charge is 0.540 e. The Morgan fingerprint density at radius 3 is 2.22 bits per heavy atom. The van der Waals surface area contributed by atoms with Crippen LogP contribution >= 0.6 is 0 Å². The maximum atomic E-state index is 11.3. The molecule has 0 aliphatic carbocycles. The predicted octanol–water partition coefficient (Wildman–Crippen LogP) is -2.27. The smallest absolute Gasteiger partial charge is 0.163 e. The fourth-order valence-electron chi connectivity index (χ4n) is 1.26. The van der Waals surface area contributed by atoms with Crippen LogP contribution in [-0.4, -0.2) is 37.4 Å². The van der Waals surface area contributed by atoms with Crippen LogP contribution in [0, 0.1) is 7.05 Å². The minimum Gasteiger partial charge on any atom is -0.540 e. The summed E-state index contributed by atoms with van der Waals surface area (Å²) in [5.74, 6) is -0.0795. The molecule has 0 aliphatic rings. The van der Waals surface area contributed by atoms with Gasteiger partial charge in [0.05, 0.1) is 12.6 Å². The minimum absolute atomic E-state index is 0. The maximum absolute atomic E-state index is 11.3. The van der Waals surface area contributed by atoms with Crippen molar-refractivity contribution in [2.75, 3.05) is 13.2 Å². The SMILES string of the molecule is NCNC(CCCC(N)[C-]=O)C(=O)CN.[CH2-]N.[Y]. The summed E-state index contributed by atoms with van der Waals surface area (Å²) in [7, 11) is 2.75. The van der Waals surface area contributed by atoms with E-state index >= 15 is 0 Å². The molecular formula is C10H23N5O2Y-2. The number of rotatable bonds is 9. The molecule has 0 aliphatic heterocycles. The Bertz CT molecular complexity index is 207. The molecule has 0 heterocycles. The third kappa shape index (κ3) is 12.7. The van der Waals surface area contributed by atoms with Crippen LogP contribution in [0.3, 0.4) is 0 Å². The molecule has 7 nitrogen and oxygen atoms in total. The van der Waals surface area contributed by atoms with Gasteiger partial charge in [-0.15, -0.1) is 0 Å². The summed E-state index contributed by atoms with van der Waals surface area (Å²) in [5, 5.41) is 2.83. The number of hydrogen-bond donors (Lipinski definition) is 5. The molecule has 105 valence electrons. The van der Waals surface area contributed by atoms with Crippen molar-refractivity contribution in [2.45, 2.75) is 31.3 Å². The average Bonchev–Trinajstić information content (AvgIpc) is 2.38. The molecule has 8 heteroatoms. The van der Waals surface area contributed by atoms with Crippen molar-refractivity contribution >= 4 is 12.1 Å². The predicted molar refractivity (Wildman–Crippen MR) is 67.1 cm³/mol. The number of nitrogens with one attached hydrogen (secondary N) is 1. The molecule has 0 saturated heterocycles. The van der Waals surface area contributed by atoms with Gasteiger partial charge in [0.15, 0.2) is 5.78 Å². The van der Waals surface area contributed by atoms with Gasteiger partial charge < -0.3 is 27.7 Å². The van der Waals surface area contributed by atoms with Crippen LogP contribution in [-0.2, 0) is 42.3 Å². The van der Waals surface area contributed by atoms with Gasteiger partial charge in [-0.2, -0.15) is 0 Å². The zero-order valence-electron chi connectivity index (χ0n) is 10.6. The van der Waals surface area contributed by atoms with Crippen molar-refractivity contribution in [3.05, 3.63) is 7.05 Å². The van der Waals surface area contributed by atoms with Crippen molar-refractivity contribution in [2.24, 2.45) is 22.9 Å². The zero-order valence-corrected chi connectivity index (χ0v) is 13.4. The van der Waals surface area contributed by atoms with Crippen LogP contribution in [0.15, 0.2) is 0 Å². The van der Waals surface area contributed by atoms with Crippen LogP contribution in [0.25, 0.3) is 0 Å². The summed E-state index contributed by atoms with van der Waals surface area (Å²) in [6.07, 6.45) is 3.46. The van der Waals surface area contributed by atoms with Crippen molar-refractivity contribution in [1.29, 1.82) is 0 Å². The van der Waals surface area contributed by atoms with Gasteiger partial charge in [-0.1, -0.05) is 18.9 Å². The second-order valence-electron chi connectivity index (χ2n) is 3.29. The van der Waals surface area contributed by atoms with E-state index in [0.717, 1.165) is 0 Å². The molecular weight excluding hydrogens is 311 g/mol. The normalized spacial score (nSPS) is 12.5. The second kappa shape index (κ2) is 17.2. The van der Waals surface area contributed by atoms with E-state index in [4.69, 9.17) is 17.2 Å². The monoisotopic (exact) mass is 334 g/mol. The Labute approximate surface area is 134 Å². The van der Waals surface area contributed by atoms with E-state index < -0.39 is 6.04 Å². The molecule has 0 aromatic carbocycles. The van der Waals surface area contributed by atoms with Crippen molar-refractivity contribution in [3.63, 3.8) is 0 Å². The molecule has 0 amide bonds. The molecule has 0 aromatic rings. The molecule has 0 saturated carbocycles. The fraction of sp³-hybridized carbons (Fsp3) is 0.700. The number of ketones is 1. The molecule has 2 atom stereocenters. The van der Waals surface area contributed by atoms with E-state index in [1.807, 2.05) is 0 Å². The molecule has 0 aromatic heterocycles. The molecule has 9 N–H and O–H groups in total. The first-order valence-corrected chi connectivity index (χ1v) is 5.36.